The highest BCUT2D eigenvalue weighted by Gasteiger charge is 2.60. The van der Waals surface area contributed by atoms with Crippen LogP contribution in [0.3, 0.4) is 0 Å². The second-order valence-electron chi connectivity index (χ2n) is 11.0. The minimum atomic E-state index is 0.681. The van der Waals surface area contributed by atoms with E-state index in [4.69, 9.17) is 0 Å². The summed E-state index contributed by atoms with van der Waals surface area (Å²) in [6, 6.07) is 0. The van der Waals surface area contributed by atoms with E-state index in [-0.39, 0.29) is 0 Å². The summed E-state index contributed by atoms with van der Waals surface area (Å²) in [7, 11) is 0. The molecule has 0 heteroatoms. The third-order valence-electron chi connectivity index (χ3n) is 9.81. The van der Waals surface area contributed by atoms with E-state index in [9.17, 15) is 0 Å². The molecule has 0 aromatic heterocycles. The molecule has 0 amide bonds. The SMILES string of the molecule is CC1CCC2(C)C(CCC3C2CCC2(C)C(C(C)C)CCC32)C1. The van der Waals surface area contributed by atoms with Gasteiger partial charge in [-0.05, 0) is 104 Å². The van der Waals surface area contributed by atoms with Crippen molar-refractivity contribution in [3.63, 3.8) is 0 Å². The summed E-state index contributed by atoms with van der Waals surface area (Å²) in [5.41, 5.74) is 1.38. The lowest BCUT2D eigenvalue weighted by atomic mass is 9.44. The zero-order valence-electron chi connectivity index (χ0n) is 16.4. The van der Waals surface area contributed by atoms with Crippen molar-refractivity contribution in [2.45, 2.75) is 92.4 Å². The van der Waals surface area contributed by atoms with E-state index in [2.05, 4.69) is 34.6 Å². The number of hydrogen-bond acceptors (Lipinski definition) is 0. The van der Waals surface area contributed by atoms with Crippen LogP contribution in [0, 0.1) is 52.3 Å². The first-order valence-electron chi connectivity index (χ1n) is 10.9. The number of hydrogen-bond donors (Lipinski definition) is 0. The van der Waals surface area contributed by atoms with Crippen LogP contribution in [0.25, 0.3) is 0 Å². The van der Waals surface area contributed by atoms with Gasteiger partial charge in [-0.1, -0.05) is 41.0 Å². The summed E-state index contributed by atoms with van der Waals surface area (Å²) in [5.74, 6) is 7.15. The Hall–Kier alpha value is 0. The Morgan fingerprint density at radius 2 is 1.48 bits per heavy atom. The predicted molar refractivity (Wildman–Crippen MR) is 99.2 cm³/mol. The molecule has 0 aliphatic heterocycles. The molecule has 0 aromatic carbocycles. The quantitative estimate of drug-likeness (QED) is 0.491. The van der Waals surface area contributed by atoms with Crippen molar-refractivity contribution in [3.05, 3.63) is 0 Å². The maximum Gasteiger partial charge on any atom is -0.0264 e. The highest BCUT2D eigenvalue weighted by molar-refractivity contribution is 5.09. The van der Waals surface area contributed by atoms with Crippen molar-refractivity contribution in [2.75, 3.05) is 0 Å². The van der Waals surface area contributed by atoms with Crippen molar-refractivity contribution in [3.8, 4) is 0 Å². The topological polar surface area (TPSA) is 0 Å². The second-order valence-corrected chi connectivity index (χ2v) is 11.0. The Morgan fingerprint density at radius 1 is 0.783 bits per heavy atom. The molecule has 0 heterocycles. The van der Waals surface area contributed by atoms with Crippen molar-refractivity contribution in [2.24, 2.45) is 52.3 Å². The summed E-state index contributed by atoms with van der Waals surface area (Å²) >= 11 is 0. The maximum absolute atomic E-state index is 2.72. The molecule has 4 rings (SSSR count). The zero-order valence-corrected chi connectivity index (χ0v) is 16.4. The van der Waals surface area contributed by atoms with Crippen LogP contribution in [-0.4, -0.2) is 0 Å². The highest BCUT2D eigenvalue weighted by Crippen LogP contribution is 2.68. The van der Waals surface area contributed by atoms with E-state index in [1.54, 1.807) is 32.1 Å². The van der Waals surface area contributed by atoms with Gasteiger partial charge in [0.1, 0.15) is 0 Å². The van der Waals surface area contributed by atoms with Gasteiger partial charge in [0.05, 0.1) is 0 Å². The molecule has 0 radical (unpaired) electrons. The summed E-state index contributed by atoms with van der Waals surface area (Å²) in [6.45, 7) is 12.9. The van der Waals surface area contributed by atoms with Gasteiger partial charge in [0, 0.05) is 0 Å². The molecule has 0 nitrogen and oxygen atoms in total. The minimum Gasteiger partial charge on any atom is -0.0625 e. The largest absolute Gasteiger partial charge is 0.0625 e. The Balaban J connectivity index is 1.60. The first-order chi connectivity index (χ1) is 10.9. The van der Waals surface area contributed by atoms with Crippen LogP contribution in [0.15, 0.2) is 0 Å². The normalized spacial score (nSPS) is 56.1. The lowest BCUT2D eigenvalue weighted by molar-refractivity contribution is -0.119. The summed E-state index contributed by atoms with van der Waals surface area (Å²) in [6.07, 6.45) is 13.9. The van der Waals surface area contributed by atoms with Gasteiger partial charge in [-0.15, -0.1) is 0 Å². The third-order valence-corrected chi connectivity index (χ3v) is 9.81. The number of fused-ring (bicyclic) bond motifs is 5. The summed E-state index contributed by atoms with van der Waals surface area (Å²) in [5, 5.41) is 0. The molecule has 4 saturated carbocycles. The fourth-order valence-electron chi connectivity index (χ4n) is 8.61. The Kier molecular flexibility index (Phi) is 3.94. The second kappa shape index (κ2) is 5.50. The molecule has 0 bridgehead atoms. The fourth-order valence-corrected chi connectivity index (χ4v) is 8.61. The molecule has 8 atom stereocenters. The van der Waals surface area contributed by atoms with Gasteiger partial charge in [0.15, 0.2) is 0 Å². The van der Waals surface area contributed by atoms with Crippen LogP contribution in [0.1, 0.15) is 92.4 Å². The maximum atomic E-state index is 2.72. The molecule has 0 N–H and O–H groups in total. The van der Waals surface area contributed by atoms with E-state index in [0.717, 1.165) is 41.4 Å². The van der Waals surface area contributed by atoms with Crippen LogP contribution >= 0.6 is 0 Å². The Labute approximate surface area is 145 Å². The molecular formula is C23H40. The van der Waals surface area contributed by atoms with Crippen molar-refractivity contribution < 1.29 is 0 Å². The minimum absolute atomic E-state index is 0.681. The smallest absolute Gasteiger partial charge is 0.0264 e. The van der Waals surface area contributed by atoms with Gasteiger partial charge in [-0.25, -0.2) is 0 Å². The lowest BCUT2D eigenvalue weighted by Gasteiger charge is -2.61. The molecule has 23 heavy (non-hydrogen) atoms. The van der Waals surface area contributed by atoms with Crippen molar-refractivity contribution in [1.82, 2.24) is 0 Å². The molecule has 4 fully saturated rings. The molecule has 0 saturated heterocycles. The van der Waals surface area contributed by atoms with Crippen molar-refractivity contribution in [1.29, 1.82) is 0 Å². The van der Waals surface area contributed by atoms with Crippen LogP contribution in [0.4, 0.5) is 0 Å². The Bertz CT molecular complexity index is 451. The molecule has 8 unspecified atom stereocenters. The monoisotopic (exact) mass is 316 g/mol. The zero-order chi connectivity index (χ0) is 16.4. The van der Waals surface area contributed by atoms with Crippen LogP contribution in [-0.2, 0) is 0 Å². The third kappa shape index (κ3) is 2.29. The molecule has 0 spiro atoms. The number of rotatable bonds is 1. The van der Waals surface area contributed by atoms with Gasteiger partial charge in [-0.3, -0.25) is 0 Å². The van der Waals surface area contributed by atoms with E-state index >= 15 is 0 Å². The highest BCUT2D eigenvalue weighted by atomic mass is 14.6. The fraction of sp³-hybridized carbons (Fsp3) is 1.00. The van der Waals surface area contributed by atoms with Crippen LogP contribution in [0.5, 0.6) is 0 Å². The van der Waals surface area contributed by atoms with E-state index in [0.29, 0.717) is 10.8 Å². The summed E-state index contributed by atoms with van der Waals surface area (Å²) in [4.78, 5) is 0. The first kappa shape index (κ1) is 16.5. The van der Waals surface area contributed by atoms with Crippen LogP contribution < -0.4 is 0 Å². The first-order valence-corrected chi connectivity index (χ1v) is 10.9. The summed E-state index contributed by atoms with van der Waals surface area (Å²) < 4.78 is 0. The average molecular weight is 317 g/mol. The van der Waals surface area contributed by atoms with Gasteiger partial charge < -0.3 is 0 Å². The molecule has 4 aliphatic carbocycles. The van der Waals surface area contributed by atoms with Gasteiger partial charge in [0.25, 0.3) is 0 Å². The molecule has 0 aromatic rings. The van der Waals surface area contributed by atoms with Gasteiger partial charge in [-0.2, -0.15) is 0 Å². The van der Waals surface area contributed by atoms with Crippen molar-refractivity contribution >= 4 is 0 Å². The molecule has 4 aliphatic rings. The standard InChI is InChI=1S/C23H40/c1-15(2)19-8-9-20-18-7-6-17-14-16(3)10-12-22(17,4)21(18)11-13-23(19,20)5/h15-21H,6-14H2,1-5H3. The lowest BCUT2D eigenvalue weighted by Crippen LogP contribution is -2.53. The van der Waals surface area contributed by atoms with E-state index in [1.807, 2.05) is 0 Å². The molecular weight excluding hydrogens is 276 g/mol. The predicted octanol–water partition coefficient (Wildman–Crippen LogP) is 6.94. The van der Waals surface area contributed by atoms with Gasteiger partial charge >= 0.3 is 0 Å². The van der Waals surface area contributed by atoms with Gasteiger partial charge in [0.2, 0.25) is 0 Å². The van der Waals surface area contributed by atoms with E-state index in [1.165, 1.54) is 25.7 Å². The average Bonchev–Trinajstić information content (AvgIpc) is 2.85. The Morgan fingerprint density at radius 3 is 2.22 bits per heavy atom. The van der Waals surface area contributed by atoms with E-state index < -0.39 is 0 Å². The van der Waals surface area contributed by atoms with Crippen LogP contribution in [0.2, 0.25) is 0 Å². The molecule has 132 valence electrons.